The first-order valence-electron chi connectivity index (χ1n) is 12.4. The highest BCUT2D eigenvalue weighted by atomic mass is 16.5. The van der Waals surface area contributed by atoms with Gasteiger partial charge in [0.15, 0.2) is 5.65 Å². The SMILES string of the molecule is COc1ccc2ncc(=O)n(CCC34CCC(NCc5cc6ccccc6[nH]c5=O)(CC3)CO4)c2n1. The fourth-order valence-corrected chi connectivity index (χ4v) is 5.59. The molecule has 5 heterocycles. The number of aromatic nitrogens is 4. The van der Waals surface area contributed by atoms with Crippen LogP contribution in [0.4, 0.5) is 0 Å². The minimum atomic E-state index is -0.252. The number of nitrogens with zero attached hydrogens (tertiary/aromatic N) is 3. The standard InChI is InChI=1S/C27H29N5O4/c1-35-22-7-6-21-24(31-22)32(23(33)16-28-21)13-12-27-10-8-26(9-11-27,17-36-27)29-15-19-14-18-4-2-3-5-20(18)30-25(19)34/h2-7,14,16,29H,8-13,15,17H2,1H3,(H,30,34). The number of rotatable bonds is 7. The van der Waals surface area contributed by atoms with Crippen molar-refractivity contribution < 1.29 is 9.47 Å². The molecule has 2 bridgehead atoms. The summed E-state index contributed by atoms with van der Waals surface area (Å²) in [6.45, 7) is 1.60. The maximum atomic E-state index is 12.6. The second-order valence-electron chi connectivity index (χ2n) is 10.0. The number of pyridine rings is 2. The monoisotopic (exact) mass is 487 g/mol. The number of nitrogens with one attached hydrogen (secondary N) is 2. The Morgan fingerprint density at radius 1 is 1.14 bits per heavy atom. The molecule has 186 valence electrons. The molecular weight excluding hydrogens is 458 g/mol. The Morgan fingerprint density at radius 2 is 1.97 bits per heavy atom. The fraction of sp³-hybridized carbons (Fsp3) is 0.407. The highest BCUT2D eigenvalue weighted by Gasteiger charge is 2.49. The van der Waals surface area contributed by atoms with Crippen molar-refractivity contribution in [1.82, 2.24) is 24.8 Å². The normalized spacial score (nSPS) is 23.4. The van der Waals surface area contributed by atoms with E-state index in [4.69, 9.17) is 9.47 Å². The van der Waals surface area contributed by atoms with Gasteiger partial charge in [0, 0.05) is 35.8 Å². The zero-order valence-corrected chi connectivity index (χ0v) is 20.3. The van der Waals surface area contributed by atoms with Crippen LogP contribution in [0.3, 0.4) is 0 Å². The van der Waals surface area contributed by atoms with E-state index in [1.54, 1.807) is 17.7 Å². The third-order valence-electron chi connectivity index (χ3n) is 7.92. The first-order chi connectivity index (χ1) is 17.5. The van der Waals surface area contributed by atoms with Crippen LogP contribution in [0.25, 0.3) is 22.1 Å². The Hall–Kier alpha value is -3.56. The number of hydrogen-bond donors (Lipinski definition) is 2. The van der Waals surface area contributed by atoms with Crippen molar-refractivity contribution in [2.45, 2.75) is 56.3 Å². The Bertz CT molecular complexity index is 1540. The lowest BCUT2D eigenvalue weighted by atomic mass is 9.70. The quantitative estimate of drug-likeness (QED) is 0.412. The average Bonchev–Trinajstić information content (AvgIpc) is 2.92. The van der Waals surface area contributed by atoms with Crippen molar-refractivity contribution in [2.75, 3.05) is 13.7 Å². The highest BCUT2D eigenvalue weighted by molar-refractivity contribution is 5.78. The predicted molar refractivity (Wildman–Crippen MR) is 136 cm³/mol. The number of hydrogen-bond acceptors (Lipinski definition) is 7. The molecule has 9 heteroatoms. The molecule has 9 nitrogen and oxygen atoms in total. The van der Waals surface area contributed by atoms with E-state index < -0.39 is 0 Å². The predicted octanol–water partition coefficient (Wildman–Crippen LogP) is 2.90. The second kappa shape index (κ2) is 8.83. The molecular formula is C27H29N5O4. The summed E-state index contributed by atoms with van der Waals surface area (Å²) in [5.74, 6) is 0.453. The van der Waals surface area contributed by atoms with E-state index in [9.17, 15) is 9.59 Å². The van der Waals surface area contributed by atoms with Crippen LogP contribution in [0.15, 0.2) is 58.3 Å². The summed E-state index contributed by atoms with van der Waals surface area (Å²) in [5.41, 5.74) is 2.16. The minimum absolute atomic E-state index is 0.0558. The number of aryl methyl sites for hydroxylation is 1. The van der Waals surface area contributed by atoms with Gasteiger partial charge in [-0.3, -0.25) is 14.2 Å². The summed E-state index contributed by atoms with van der Waals surface area (Å²) in [5, 5.41) is 4.68. The molecule has 0 amide bonds. The molecule has 0 unspecified atom stereocenters. The minimum Gasteiger partial charge on any atom is -0.481 e. The van der Waals surface area contributed by atoms with Crippen molar-refractivity contribution in [3.8, 4) is 5.88 Å². The molecule has 1 saturated carbocycles. The van der Waals surface area contributed by atoms with Crippen LogP contribution >= 0.6 is 0 Å². The maximum Gasteiger partial charge on any atom is 0.270 e. The smallest absolute Gasteiger partial charge is 0.270 e. The summed E-state index contributed by atoms with van der Waals surface area (Å²) in [4.78, 5) is 36.9. The number of methoxy groups -OCH3 is 1. The molecule has 1 aliphatic carbocycles. The van der Waals surface area contributed by atoms with Crippen molar-refractivity contribution in [3.63, 3.8) is 0 Å². The van der Waals surface area contributed by atoms with Gasteiger partial charge in [0.2, 0.25) is 5.88 Å². The Labute approximate surface area is 207 Å². The van der Waals surface area contributed by atoms with Gasteiger partial charge in [0.1, 0.15) is 5.52 Å². The first kappa shape index (κ1) is 22.9. The van der Waals surface area contributed by atoms with Crippen LogP contribution in [0.1, 0.15) is 37.7 Å². The summed E-state index contributed by atoms with van der Waals surface area (Å²) in [6.07, 6.45) is 5.82. The molecule has 7 rings (SSSR count). The maximum absolute atomic E-state index is 12.6. The lowest BCUT2D eigenvalue weighted by Crippen LogP contribution is -2.61. The van der Waals surface area contributed by atoms with Gasteiger partial charge in [-0.25, -0.2) is 4.98 Å². The fourth-order valence-electron chi connectivity index (χ4n) is 5.59. The van der Waals surface area contributed by atoms with Crippen LogP contribution in [-0.2, 0) is 17.8 Å². The van der Waals surface area contributed by atoms with E-state index in [1.165, 1.54) is 6.20 Å². The molecule has 0 atom stereocenters. The van der Waals surface area contributed by atoms with Gasteiger partial charge in [-0.15, -0.1) is 0 Å². The molecule has 2 saturated heterocycles. The number of fused-ring (bicyclic) bond motifs is 5. The Morgan fingerprint density at radius 3 is 2.75 bits per heavy atom. The highest BCUT2D eigenvalue weighted by Crippen LogP contribution is 2.45. The van der Waals surface area contributed by atoms with Gasteiger partial charge in [-0.2, -0.15) is 4.98 Å². The van der Waals surface area contributed by atoms with E-state index in [2.05, 4.69) is 20.3 Å². The zero-order chi connectivity index (χ0) is 24.8. The van der Waals surface area contributed by atoms with Gasteiger partial charge in [0.05, 0.1) is 25.5 Å². The van der Waals surface area contributed by atoms with Gasteiger partial charge in [-0.1, -0.05) is 18.2 Å². The molecule has 1 aromatic carbocycles. The van der Waals surface area contributed by atoms with E-state index in [0.717, 1.165) is 48.6 Å². The van der Waals surface area contributed by atoms with E-state index in [-0.39, 0.29) is 22.3 Å². The summed E-state index contributed by atoms with van der Waals surface area (Å²) in [7, 11) is 1.56. The number of benzene rings is 1. The zero-order valence-electron chi connectivity index (χ0n) is 20.3. The van der Waals surface area contributed by atoms with Gasteiger partial charge in [0.25, 0.3) is 11.1 Å². The van der Waals surface area contributed by atoms with Crippen LogP contribution in [0, 0.1) is 0 Å². The summed E-state index contributed by atoms with van der Waals surface area (Å²) < 4.78 is 13.4. The van der Waals surface area contributed by atoms with Gasteiger partial charge in [-0.05, 0) is 55.7 Å². The molecule has 0 spiro atoms. The summed E-state index contributed by atoms with van der Waals surface area (Å²) >= 11 is 0. The van der Waals surface area contributed by atoms with Crippen LogP contribution < -0.4 is 21.2 Å². The lowest BCUT2D eigenvalue weighted by Gasteiger charge is -2.53. The molecule has 3 aliphatic rings. The first-order valence-corrected chi connectivity index (χ1v) is 12.4. The van der Waals surface area contributed by atoms with E-state index >= 15 is 0 Å². The van der Waals surface area contributed by atoms with Crippen LogP contribution in [-0.4, -0.2) is 44.4 Å². The number of ether oxygens (including phenoxy) is 2. The second-order valence-corrected chi connectivity index (χ2v) is 10.0. The lowest BCUT2D eigenvalue weighted by molar-refractivity contribution is -0.167. The topological polar surface area (TPSA) is 111 Å². The Kier molecular flexibility index (Phi) is 5.61. The van der Waals surface area contributed by atoms with E-state index in [0.29, 0.717) is 36.7 Å². The molecule has 4 aromatic rings. The molecule has 0 radical (unpaired) electrons. The molecule has 2 N–H and O–H groups in total. The largest absolute Gasteiger partial charge is 0.481 e. The number of H-pyrrole nitrogens is 1. The molecule has 3 aromatic heterocycles. The number of para-hydroxylation sites is 1. The molecule has 3 fully saturated rings. The number of aromatic amines is 1. The third-order valence-corrected chi connectivity index (χ3v) is 7.92. The molecule has 36 heavy (non-hydrogen) atoms. The van der Waals surface area contributed by atoms with Gasteiger partial charge < -0.3 is 19.8 Å². The van der Waals surface area contributed by atoms with E-state index in [1.807, 2.05) is 36.4 Å². The third kappa shape index (κ3) is 4.08. The average molecular weight is 488 g/mol. The van der Waals surface area contributed by atoms with Crippen LogP contribution in [0.2, 0.25) is 0 Å². The van der Waals surface area contributed by atoms with Crippen molar-refractivity contribution in [2.24, 2.45) is 0 Å². The van der Waals surface area contributed by atoms with Crippen LogP contribution in [0.5, 0.6) is 5.88 Å². The van der Waals surface area contributed by atoms with Crippen molar-refractivity contribution in [3.05, 3.63) is 74.9 Å². The molecule has 2 aliphatic heterocycles. The van der Waals surface area contributed by atoms with Gasteiger partial charge >= 0.3 is 0 Å². The van der Waals surface area contributed by atoms with Crippen molar-refractivity contribution in [1.29, 1.82) is 0 Å². The summed E-state index contributed by atoms with van der Waals surface area (Å²) in [6, 6.07) is 13.3. The Balaban J connectivity index is 1.14. The van der Waals surface area contributed by atoms with Crippen molar-refractivity contribution >= 4 is 22.1 Å².